The fraction of sp³-hybridized carbons (Fsp3) is 0.476. The Bertz CT molecular complexity index is 1270. The van der Waals surface area contributed by atoms with E-state index in [9.17, 15) is 19.5 Å². The summed E-state index contributed by atoms with van der Waals surface area (Å²) in [7, 11) is 3.25. The Balaban J connectivity index is 1.93. The molecule has 1 aliphatic carbocycles. The molecule has 11 nitrogen and oxygen atoms in total. The van der Waals surface area contributed by atoms with Crippen LogP contribution in [-0.4, -0.2) is 66.3 Å². The summed E-state index contributed by atoms with van der Waals surface area (Å²) < 4.78 is 2.59. The molecular weight excluding hydrogens is 414 g/mol. The van der Waals surface area contributed by atoms with Crippen molar-refractivity contribution < 1.29 is 14.7 Å². The van der Waals surface area contributed by atoms with Crippen molar-refractivity contribution in [1.82, 2.24) is 34.6 Å². The Labute approximate surface area is 184 Å². The highest BCUT2D eigenvalue weighted by Crippen LogP contribution is 2.28. The average Bonchev–Trinajstić information content (AvgIpc) is 3.20. The molecule has 0 unspecified atom stereocenters. The van der Waals surface area contributed by atoms with Crippen molar-refractivity contribution in [3.05, 3.63) is 33.7 Å². The molecule has 1 fully saturated rings. The monoisotopic (exact) mass is 441 g/mol. The number of hydrogen-bond donors (Lipinski definition) is 3. The van der Waals surface area contributed by atoms with Crippen molar-refractivity contribution in [3.8, 4) is 17.3 Å². The molecule has 2 amide bonds. The predicted molar refractivity (Wildman–Crippen MR) is 117 cm³/mol. The van der Waals surface area contributed by atoms with Gasteiger partial charge >= 0.3 is 0 Å². The van der Waals surface area contributed by atoms with Gasteiger partial charge in [0.15, 0.2) is 5.56 Å². The van der Waals surface area contributed by atoms with Crippen molar-refractivity contribution in [2.45, 2.75) is 46.2 Å². The van der Waals surface area contributed by atoms with Gasteiger partial charge in [0.1, 0.15) is 11.3 Å². The maximum Gasteiger partial charge on any atom is 0.291 e. The minimum Gasteiger partial charge on any atom is -0.494 e. The quantitative estimate of drug-likeness (QED) is 0.545. The van der Waals surface area contributed by atoms with Crippen LogP contribution in [0.3, 0.4) is 0 Å². The van der Waals surface area contributed by atoms with Crippen molar-refractivity contribution in [1.29, 1.82) is 0 Å². The maximum absolute atomic E-state index is 13.2. The highest BCUT2D eigenvalue weighted by Gasteiger charge is 2.31. The summed E-state index contributed by atoms with van der Waals surface area (Å²) in [4.78, 5) is 39.9. The second-order valence-corrected chi connectivity index (χ2v) is 9.56. The summed E-state index contributed by atoms with van der Waals surface area (Å²) in [5.74, 6) is -1.30. The van der Waals surface area contributed by atoms with Crippen LogP contribution in [0.4, 0.5) is 0 Å². The van der Waals surface area contributed by atoms with Crippen molar-refractivity contribution in [3.63, 3.8) is 0 Å². The molecule has 0 aromatic carbocycles. The summed E-state index contributed by atoms with van der Waals surface area (Å²) in [6.07, 6.45) is 3.09. The van der Waals surface area contributed by atoms with Gasteiger partial charge in [-0.25, -0.2) is 0 Å². The van der Waals surface area contributed by atoms with E-state index in [4.69, 9.17) is 0 Å². The van der Waals surface area contributed by atoms with Crippen LogP contribution < -0.4 is 10.9 Å². The molecule has 0 spiro atoms. The number of hydrogen-bond acceptors (Lipinski definition) is 6. The second-order valence-electron chi connectivity index (χ2n) is 9.56. The molecule has 0 saturated heterocycles. The number of carbonyl (C=O) groups excluding carboxylic acids is 2. The number of nitrogens with zero attached hydrogens (tertiary/aromatic N) is 5. The Hall–Kier alpha value is -3.63. The summed E-state index contributed by atoms with van der Waals surface area (Å²) in [5, 5.41) is 24.8. The maximum atomic E-state index is 13.2. The Morgan fingerprint density at radius 1 is 1.31 bits per heavy atom. The van der Waals surface area contributed by atoms with Crippen molar-refractivity contribution in [2.75, 3.05) is 14.1 Å². The van der Waals surface area contributed by atoms with Gasteiger partial charge < -0.3 is 15.3 Å². The first-order chi connectivity index (χ1) is 15.0. The molecule has 3 heterocycles. The smallest absolute Gasteiger partial charge is 0.291 e. The lowest BCUT2D eigenvalue weighted by molar-refractivity contribution is 0.0828. The molecule has 170 valence electrons. The van der Waals surface area contributed by atoms with E-state index in [1.807, 2.05) is 20.8 Å². The van der Waals surface area contributed by atoms with Crippen LogP contribution >= 0.6 is 0 Å². The Kier molecular flexibility index (Phi) is 5.06. The van der Waals surface area contributed by atoms with Gasteiger partial charge in [-0.2, -0.15) is 14.7 Å². The predicted octanol–water partition coefficient (Wildman–Crippen LogP) is 1.23. The number of fused-ring (bicyclic) bond motifs is 1. The van der Waals surface area contributed by atoms with Crippen LogP contribution in [0.25, 0.3) is 17.0 Å². The summed E-state index contributed by atoms with van der Waals surface area (Å²) in [6.45, 7) is 6.25. The van der Waals surface area contributed by atoms with Crippen LogP contribution in [0.15, 0.2) is 17.1 Å². The van der Waals surface area contributed by atoms with E-state index in [0.717, 1.165) is 17.4 Å². The number of carbonyl (C=O) groups is 2. The van der Waals surface area contributed by atoms with Gasteiger partial charge in [0.05, 0.1) is 17.5 Å². The molecule has 1 aliphatic rings. The lowest BCUT2D eigenvalue weighted by atomic mass is 9.96. The zero-order valence-corrected chi connectivity index (χ0v) is 18.8. The third kappa shape index (κ3) is 3.85. The van der Waals surface area contributed by atoms with E-state index < -0.39 is 17.3 Å². The summed E-state index contributed by atoms with van der Waals surface area (Å²) in [5.41, 5.74) is -0.113. The highest BCUT2D eigenvalue weighted by molar-refractivity contribution is 5.99. The van der Waals surface area contributed by atoms with Crippen LogP contribution in [0.2, 0.25) is 0 Å². The first-order valence-corrected chi connectivity index (χ1v) is 10.4. The van der Waals surface area contributed by atoms with Gasteiger partial charge in [-0.15, -0.1) is 0 Å². The highest BCUT2D eigenvalue weighted by atomic mass is 16.3. The molecule has 3 aromatic rings. The van der Waals surface area contributed by atoms with Gasteiger partial charge in [0.25, 0.3) is 17.4 Å². The largest absolute Gasteiger partial charge is 0.494 e. The first kappa shape index (κ1) is 21.6. The Morgan fingerprint density at radius 2 is 2.00 bits per heavy atom. The molecule has 0 atom stereocenters. The third-order valence-corrected chi connectivity index (χ3v) is 5.16. The topological polar surface area (TPSA) is 138 Å². The van der Waals surface area contributed by atoms with Crippen molar-refractivity contribution >= 4 is 17.5 Å². The summed E-state index contributed by atoms with van der Waals surface area (Å²) in [6, 6.07) is 1.61. The third-order valence-electron chi connectivity index (χ3n) is 5.16. The zero-order valence-electron chi connectivity index (χ0n) is 18.8. The number of amides is 2. The minimum absolute atomic E-state index is 0.0193. The summed E-state index contributed by atoms with van der Waals surface area (Å²) >= 11 is 0. The van der Waals surface area contributed by atoms with Crippen LogP contribution in [-0.2, 0) is 6.54 Å². The molecule has 11 heteroatoms. The van der Waals surface area contributed by atoms with Gasteiger partial charge in [-0.1, -0.05) is 20.8 Å². The molecule has 0 bridgehead atoms. The zero-order chi connectivity index (χ0) is 23.4. The number of aromatic nitrogens is 5. The number of aromatic hydroxyl groups is 1. The molecule has 0 aliphatic heterocycles. The van der Waals surface area contributed by atoms with Gasteiger partial charge in [-0.3, -0.25) is 24.0 Å². The number of rotatable bonds is 5. The standard InChI is InChI=1S/C21H27N7O4/c1-21(2,3)10-27-14-8-13(16-12(9-22-24-16)18(30)26(4)5)25-28(14)20(32)15(19(27)31)17(29)23-11-6-7-11/h8-9,11,31H,6-7,10H2,1-5H3,(H,22,24)(H,23,29). The SMILES string of the molecule is CN(C)C(=O)c1cn[nH]c1-c1cc2n(CC(C)(C)C)c(O)c(C(=O)NC3CC3)c(=O)n2n1. The molecule has 3 aromatic heterocycles. The normalized spacial score (nSPS) is 14.0. The van der Waals surface area contributed by atoms with E-state index in [1.54, 1.807) is 20.2 Å². The molecule has 32 heavy (non-hydrogen) atoms. The van der Waals surface area contributed by atoms with E-state index in [0.29, 0.717) is 29.1 Å². The number of aromatic amines is 1. The molecule has 4 rings (SSSR count). The first-order valence-electron chi connectivity index (χ1n) is 10.4. The van der Waals surface area contributed by atoms with Gasteiger partial charge in [0, 0.05) is 32.7 Å². The molecule has 1 saturated carbocycles. The van der Waals surface area contributed by atoms with Gasteiger partial charge in [0.2, 0.25) is 5.88 Å². The molecule has 0 radical (unpaired) electrons. The Morgan fingerprint density at radius 3 is 2.59 bits per heavy atom. The van der Waals surface area contributed by atoms with Crippen LogP contribution in [0, 0.1) is 5.41 Å². The van der Waals surface area contributed by atoms with Crippen LogP contribution in [0.1, 0.15) is 54.3 Å². The fourth-order valence-electron chi connectivity index (χ4n) is 3.48. The molecule has 3 N–H and O–H groups in total. The van der Waals surface area contributed by atoms with Gasteiger partial charge in [-0.05, 0) is 18.3 Å². The fourth-order valence-corrected chi connectivity index (χ4v) is 3.48. The number of H-pyrrole nitrogens is 1. The molecular formula is C21H27N7O4. The van der Waals surface area contributed by atoms with E-state index in [1.165, 1.54) is 15.7 Å². The lowest BCUT2D eigenvalue weighted by Gasteiger charge is -2.23. The lowest BCUT2D eigenvalue weighted by Crippen LogP contribution is -2.35. The second kappa shape index (κ2) is 7.50. The van der Waals surface area contributed by atoms with E-state index >= 15 is 0 Å². The van der Waals surface area contributed by atoms with Crippen molar-refractivity contribution in [2.24, 2.45) is 5.41 Å². The van der Waals surface area contributed by atoms with E-state index in [-0.39, 0.29) is 22.9 Å². The van der Waals surface area contributed by atoms with E-state index in [2.05, 4.69) is 20.6 Å². The minimum atomic E-state index is -0.730. The van der Waals surface area contributed by atoms with Crippen LogP contribution in [0.5, 0.6) is 5.88 Å². The number of nitrogens with one attached hydrogen (secondary N) is 2. The average molecular weight is 441 g/mol.